The Balaban J connectivity index is 2.09. The third-order valence-corrected chi connectivity index (χ3v) is 5.58. The third kappa shape index (κ3) is 6.32. The topological polar surface area (TPSA) is 72.6 Å². The number of primary amides is 1. The number of amides is 1. The van der Waals surface area contributed by atoms with E-state index in [2.05, 4.69) is 27.8 Å². The minimum Gasteiger partial charge on any atom is -0.460 e. The number of carbonyl (C=O) groups is 2. The predicted molar refractivity (Wildman–Crippen MR) is 110 cm³/mol. The Kier molecular flexibility index (Phi) is 7.46. The van der Waals surface area contributed by atoms with Crippen LogP contribution in [0.4, 0.5) is 0 Å². The molecule has 0 aliphatic carbocycles. The third-order valence-electron chi connectivity index (χ3n) is 5.05. The van der Waals surface area contributed by atoms with Crippen LogP contribution in [-0.4, -0.2) is 35.5 Å². The second-order valence-corrected chi connectivity index (χ2v) is 9.36. The van der Waals surface area contributed by atoms with E-state index in [0.717, 1.165) is 42.4 Å². The van der Waals surface area contributed by atoms with Crippen molar-refractivity contribution in [2.24, 2.45) is 17.6 Å². The average molecular weight is 439 g/mol. The van der Waals surface area contributed by atoms with Crippen LogP contribution in [0.2, 0.25) is 0 Å². The molecule has 1 aromatic carbocycles. The molecule has 0 aromatic heterocycles. The number of hydrogen-bond donors (Lipinski definition) is 1. The molecule has 2 N–H and O–H groups in total. The number of carbonyl (C=O) groups excluding carboxylic acids is 2. The molecule has 0 radical (unpaired) electrons. The number of nitrogens with zero attached hydrogens (tertiary/aromatic N) is 1. The molecule has 5 nitrogen and oxygen atoms in total. The zero-order valence-electron chi connectivity index (χ0n) is 16.7. The van der Waals surface area contributed by atoms with Crippen molar-refractivity contribution in [2.45, 2.75) is 58.6 Å². The number of ether oxygens (including phenoxy) is 1. The first-order valence-electron chi connectivity index (χ1n) is 9.60. The SMILES string of the molecule is CC1CCN(C(C(N)=O)c2ccc(Br)cc2)CCCC1C(=O)OC(C)(C)C. The maximum atomic E-state index is 12.6. The molecule has 1 heterocycles. The Morgan fingerprint density at radius 1 is 1.19 bits per heavy atom. The van der Waals surface area contributed by atoms with Crippen LogP contribution >= 0.6 is 15.9 Å². The summed E-state index contributed by atoms with van der Waals surface area (Å²) in [5.41, 5.74) is 6.18. The smallest absolute Gasteiger partial charge is 0.309 e. The normalized spacial score (nSPS) is 23.1. The Labute approximate surface area is 170 Å². The van der Waals surface area contributed by atoms with Crippen LogP contribution in [0.3, 0.4) is 0 Å². The Morgan fingerprint density at radius 2 is 1.81 bits per heavy atom. The first-order chi connectivity index (χ1) is 12.6. The van der Waals surface area contributed by atoms with Gasteiger partial charge in [0.15, 0.2) is 0 Å². The molecular weight excluding hydrogens is 408 g/mol. The summed E-state index contributed by atoms with van der Waals surface area (Å²) >= 11 is 3.43. The van der Waals surface area contributed by atoms with Gasteiger partial charge in [0.25, 0.3) is 0 Å². The highest BCUT2D eigenvalue weighted by Gasteiger charge is 2.33. The Morgan fingerprint density at radius 3 is 2.37 bits per heavy atom. The van der Waals surface area contributed by atoms with Gasteiger partial charge in [-0.25, -0.2) is 0 Å². The van der Waals surface area contributed by atoms with E-state index >= 15 is 0 Å². The van der Waals surface area contributed by atoms with Gasteiger partial charge in [-0.2, -0.15) is 0 Å². The van der Waals surface area contributed by atoms with Gasteiger partial charge < -0.3 is 10.5 Å². The van der Waals surface area contributed by atoms with Crippen molar-refractivity contribution < 1.29 is 14.3 Å². The minimum atomic E-state index is -0.468. The average Bonchev–Trinajstić information content (AvgIpc) is 2.53. The second kappa shape index (κ2) is 9.20. The maximum Gasteiger partial charge on any atom is 0.309 e. The van der Waals surface area contributed by atoms with Crippen LogP contribution in [0.15, 0.2) is 28.7 Å². The number of rotatable bonds is 4. The molecule has 150 valence electrons. The summed E-state index contributed by atoms with van der Waals surface area (Å²) < 4.78 is 6.57. The second-order valence-electron chi connectivity index (χ2n) is 8.44. The molecule has 27 heavy (non-hydrogen) atoms. The number of hydrogen-bond acceptors (Lipinski definition) is 4. The summed E-state index contributed by atoms with van der Waals surface area (Å²) in [4.78, 5) is 26.9. The monoisotopic (exact) mass is 438 g/mol. The van der Waals surface area contributed by atoms with E-state index in [4.69, 9.17) is 10.5 Å². The molecule has 1 aliphatic heterocycles. The molecule has 3 atom stereocenters. The van der Waals surface area contributed by atoms with Gasteiger partial charge in [0, 0.05) is 4.47 Å². The fourth-order valence-corrected chi connectivity index (χ4v) is 3.93. The fourth-order valence-electron chi connectivity index (χ4n) is 3.67. The van der Waals surface area contributed by atoms with Crippen molar-refractivity contribution in [3.8, 4) is 0 Å². The number of halogens is 1. The van der Waals surface area contributed by atoms with Gasteiger partial charge in [-0.05, 0) is 76.7 Å². The molecule has 3 unspecified atom stereocenters. The summed E-state index contributed by atoms with van der Waals surface area (Å²) in [6.45, 7) is 9.25. The minimum absolute atomic E-state index is 0.0916. The molecule has 1 fully saturated rings. The van der Waals surface area contributed by atoms with Crippen molar-refractivity contribution in [1.29, 1.82) is 0 Å². The molecule has 0 bridgehead atoms. The number of nitrogens with two attached hydrogens (primary N) is 1. The summed E-state index contributed by atoms with van der Waals surface area (Å²) in [6.07, 6.45) is 2.41. The van der Waals surface area contributed by atoms with Gasteiger partial charge in [0.2, 0.25) is 5.91 Å². The van der Waals surface area contributed by atoms with Crippen LogP contribution in [-0.2, 0) is 14.3 Å². The van der Waals surface area contributed by atoms with Gasteiger partial charge in [0.1, 0.15) is 11.6 Å². The lowest BCUT2D eigenvalue weighted by Crippen LogP contribution is -2.42. The molecule has 6 heteroatoms. The van der Waals surface area contributed by atoms with Gasteiger partial charge in [0.05, 0.1) is 5.92 Å². The van der Waals surface area contributed by atoms with Crippen molar-refractivity contribution in [3.63, 3.8) is 0 Å². The van der Waals surface area contributed by atoms with Crippen molar-refractivity contribution >= 4 is 27.8 Å². The van der Waals surface area contributed by atoms with Gasteiger partial charge >= 0.3 is 5.97 Å². The van der Waals surface area contributed by atoms with E-state index < -0.39 is 11.6 Å². The van der Waals surface area contributed by atoms with E-state index in [0.29, 0.717) is 0 Å². The Hall–Kier alpha value is -1.40. The van der Waals surface area contributed by atoms with Crippen LogP contribution < -0.4 is 5.73 Å². The largest absolute Gasteiger partial charge is 0.460 e. The predicted octanol–water partition coefficient (Wildman–Crippen LogP) is 4.06. The van der Waals surface area contributed by atoms with Crippen LogP contribution in [0, 0.1) is 11.8 Å². The molecular formula is C21H31BrN2O3. The molecule has 1 amide bonds. The van der Waals surface area contributed by atoms with Crippen molar-refractivity contribution in [2.75, 3.05) is 13.1 Å². The standard InChI is InChI=1S/C21H31BrN2O3/c1-14-11-13-24(12-5-6-17(14)20(26)27-21(2,3)4)18(19(23)25)15-7-9-16(22)10-8-15/h7-10,14,17-18H,5-6,11-13H2,1-4H3,(H2,23,25). The molecule has 2 rings (SSSR count). The summed E-state index contributed by atoms with van der Waals surface area (Å²) in [6, 6.07) is 7.28. The van der Waals surface area contributed by atoms with Crippen LogP contribution in [0.1, 0.15) is 58.6 Å². The maximum absolute atomic E-state index is 12.6. The lowest BCUT2D eigenvalue weighted by molar-refractivity contribution is -0.162. The van der Waals surface area contributed by atoms with E-state index in [9.17, 15) is 9.59 Å². The van der Waals surface area contributed by atoms with E-state index in [-0.39, 0.29) is 23.7 Å². The molecule has 1 aromatic rings. The zero-order valence-corrected chi connectivity index (χ0v) is 18.3. The lowest BCUT2D eigenvalue weighted by atomic mass is 9.85. The van der Waals surface area contributed by atoms with Crippen LogP contribution in [0.25, 0.3) is 0 Å². The Bertz CT molecular complexity index is 654. The highest BCUT2D eigenvalue weighted by Crippen LogP contribution is 2.30. The quantitative estimate of drug-likeness (QED) is 0.719. The van der Waals surface area contributed by atoms with E-state index in [1.54, 1.807) is 0 Å². The number of esters is 1. The van der Waals surface area contributed by atoms with Gasteiger partial charge in [-0.15, -0.1) is 0 Å². The molecule has 1 aliphatic rings. The first kappa shape index (κ1) is 21.9. The van der Waals surface area contributed by atoms with E-state index in [1.165, 1.54) is 0 Å². The zero-order chi connectivity index (χ0) is 20.2. The number of benzene rings is 1. The van der Waals surface area contributed by atoms with Crippen molar-refractivity contribution in [3.05, 3.63) is 34.3 Å². The first-order valence-corrected chi connectivity index (χ1v) is 10.4. The summed E-state index contributed by atoms with van der Waals surface area (Å²) in [5, 5.41) is 0. The molecule has 1 saturated heterocycles. The lowest BCUT2D eigenvalue weighted by Gasteiger charge is -2.35. The van der Waals surface area contributed by atoms with Gasteiger partial charge in [-0.1, -0.05) is 35.0 Å². The molecule has 0 saturated carbocycles. The van der Waals surface area contributed by atoms with Crippen LogP contribution in [0.5, 0.6) is 0 Å². The number of likely N-dealkylation sites (tertiary alicyclic amines) is 1. The summed E-state index contributed by atoms with van der Waals surface area (Å²) in [7, 11) is 0. The van der Waals surface area contributed by atoms with Crippen molar-refractivity contribution in [1.82, 2.24) is 4.90 Å². The highest BCUT2D eigenvalue weighted by atomic mass is 79.9. The fraction of sp³-hybridized carbons (Fsp3) is 0.619. The highest BCUT2D eigenvalue weighted by molar-refractivity contribution is 9.10. The molecule has 0 spiro atoms. The van der Waals surface area contributed by atoms with E-state index in [1.807, 2.05) is 45.0 Å². The summed E-state index contributed by atoms with van der Waals surface area (Å²) in [5.74, 6) is -0.343. The van der Waals surface area contributed by atoms with Gasteiger partial charge in [-0.3, -0.25) is 14.5 Å².